The van der Waals surface area contributed by atoms with E-state index in [-0.39, 0.29) is 0 Å². The van der Waals surface area contributed by atoms with Crippen molar-refractivity contribution in [2.24, 2.45) is 0 Å². The molecule has 0 radical (unpaired) electrons. The minimum absolute atomic E-state index is 1.45. The van der Waals surface area contributed by atoms with E-state index in [1.807, 2.05) is 0 Å². The van der Waals surface area contributed by atoms with E-state index in [2.05, 4.69) is 11.7 Å². The topological polar surface area (TPSA) is 9.23 Å². The first-order chi connectivity index (χ1) is 9.12. The van der Waals surface area contributed by atoms with E-state index in [9.17, 15) is 0 Å². The summed E-state index contributed by atoms with van der Waals surface area (Å²) in [4.78, 5) is 0. The molecular weight excluding hydrogens is 573 g/mol. The third-order valence-corrected chi connectivity index (χ3v) is 34.3. The summed E-state index contributed by atoms with van der Waals surface area (Å²) in [6.45, 7) is -1.76. The van der Waals surface area contributed by atoms with Crippen molar-refractivity contribution >= 4 is 168 Å². The van der Waals surface area contributed by atoms with Crippen molar-refractivity contribution in [1.29, 1.82) is 0 Å². The SMILES string of the molecule is COS(=S)(=S)SSSSSSSSSSSSSS. The van der Waals surface area contributed by atoms with Crippen LogP contribution < -0.4 is 0 Å². The van der Waals surface area contributed by atoms with Crippen LogP contribution in [0.3, 0.4) is 0 Å². The average molecular weight is 577 g/mol. The molecule has 19 heavy (non-hydrogen) atoms. The molecule has 116 valence electrons. The molecule has 0 fully saturated rings. The molecule has 0 aliphatic carbocycles. The fourth-order valence-electron chi connectivity index (χ4n) is 0.188. The van der Waals surface area contributed by atoms with Gasteiger partial charge in [0.1, 0.15) is 0 Å². The van der Waals surface area contributed by atoms with Crippen molar-refractivity contribution in [2.45, 2.75) is 0 Å². The summed E-state index contributed by atoms with van der Waals surface area (Å²) < 4.78 is 5.04. The van der Waals surface area contributed by atoms with Crippen LogP contribution in [0, 0.1) is 0 Å². The van der Waals surface area contributed by atoms with Gasteiger partial charge in [0.15, 0.2) is 0 Å². The molecular formula is CH4OS17. The Morgan fingerprint density at radius 2 is 1.11 bits per heavy atom. The van der Waals surface area contributed by atoms with Gasteiger partial charge in [-0.15, -0.1) is 0 Å². The van der Waals surface area contributed by atoms with E-state index in [0.29, 0.717) is 0 Å². The van der Waals surface area contributed by atoms with Gasteiger partial charge in [-0.1, -0.05) is 11.7 Å². The summed E-state index contributed by atoms with van der Waals surface area (Å²) in [5, 5.41) is 0. The van der Waals surface area contributed by atoms with Gasteiger partial charge in [0.05, 0.1) is 13.6 Å². The van der Waals surface area contributed by atoms with Gasteiger partial charge in [0.25, 0.3) is 0 Å². The molecule has 0 unspecified atom stereocenters. The smallest absolute Gasteiger partial charge is 0.0817 e. The Morgan fingerprint density at radius 3 is 1.47 bits per heavy atom. The molecule has 0 rings (SSSR count). The minimum Gasteiger partial charge on any atom is -0.305 e. The molecule has 0 atom stereocenters. The molecule has 0 aliphatic rings. The molecule has 0 aromatic carbocycles. The van der Waals surface area contributed by atoms with E-state index in [0.717, 1.165) is 0 Å². The molecule has 18 heteroatoms. The molecule has 0 aromatic heterocycles. The van der Waals surface area contributed by atoms with Crippen LogP contribution in [0.25, 0.3) is 0 Å². The highest BCUT2D eigenvalue weighted by Gasteiger charge is 2.03. The summed E-state index contributed by atoms with van der Waals surface area (Å²) in [7, 11) is 23.3. The lowest BCUT2D eigenvalue weighted by Gasteiger charge is -2.03. The van der Waals surface area contributed by atoms with E-state index < -0.39 is 6.46 Å². The Labute approximate surface area is 176 Å². The Bertz CT molecular complexity index is 267. The number of hydrogen-bond acceptors (Lipinski definition) is 17. The summed E-state index contributed by atoms with van der Waals surface area (Å²) in [6.07, 6.45) is 0. The summed E-state index contributed by atoms with van der Waals surface area (Å²) in [6, 6.07) is 0. The van der Waals surface area contributed by atoms with Crippen LogP contribution >= 0.6 is 139 Å². The molecule has 0 saturated heterocycles. The standard InChI is InChI=1S/CH4OS17/c1-2-19(4,5)18-17-16-15-14-13-12-11-10-9-8-7-6-3/h3H,1H3. The van der Waals surface area contributed by atoms with Crippen molar-refractivity contribution in [3.8, 4) is 0 Å². The number of hydrogen-bond donors (Lipinski definition) is 1. The first kappa shape index (κ1) is 24.7. The normalized spacial score (nSPS) is 11.9. The van der Waals surface area contributed by atoms with Gasteiger partial charge in [-0.3, -0.25) is 0 Å². The fourth-order valence-corrected chi connectivity index (χ4v) is 37.8. The Balaban J connectivity index is 3.11. The van der Waals surface area contributed by atoms with Crippen LogP contribution in [0.2, 0.25) is 0 Å². The Hall–Kier alpha value is 5.65. The monoisotopic (exact) mass is 576 g/mol. The summed E-state index contributed by atoms with van der Waals surface area (Å²) >= 11 is 14.2. The molecule has 0 bridgehead atoms. The fraction of sp³-hybridized carbons (Fsp3) is 1.00. The molecule has 0 aliphatic heterocycles. The third-order valence-electron chi connectivity index (χ3n) is 0.623. The zero-order chi connectivity index (χ0) is 14.4. The minimum atomic E-state index is -1.76. The molecule has 0 N–H and O–H groups in total. The van der Waals surface area contributed by atoms with Gasteiger partial charge in [-0.25, -0.2) is 0 Å². The van der Waals surface area contributed by atoms with Crippen LogP contribution in [-0.2, 0) is 33.0 Å². The molecule has 0 saturated carbocycles. The van der Waals surface area contributed by atoms with Crippen molar-refractivity contribution in [3.05, 3.63) is 0 Å². The van der Waals surface area contributed by atoms with Crippen LogP contribution in [0.1, 0.15) is 0 Å². The third kappa shape index (κ3) is 19.8. The largest absolute Gasteiger partial charge is 0.305 e. The van der Waals surface area contributed by atoms with Crippen molar-refractivity contribution in [3.63, 3.8) is 0 Å². The van der Waals surface area contributed by atoms with E-state index in [1.54, 1.807) is 115 Å². The number of thiol groups is 1. The average Bonchev–Trinajstić information content (AvgIpc) is 2.40. The van der Waals surface area contributed by atoms with Crippen molar-refractivity contribution in [2.75, 3.05) is 7.11 Å². The molecule has 0 amide bonds. The van der Waals surface area contributed by atoms with Crippen LogP contribution in [0.5, 0.6) is 0 Å². The summed E-state index contributed by atoms with van der Waals surface area (Å²) in [5.74, 6) is 0. The molecule has 1 nitrogen and oxygen atoms in total. The zero-order valence-electron chi connectivity index (χ0n) is 8.39. The van der Waals surface area contributed by atoms with Crippen molar-refractivity contribution < 1.29 is 4.18 Å². The second kappa shape index (κ2) is 18.4. The maximum Gasteiger partial charge on any atom is 0.0817 e. The molecule has 0 aromatic rings. The summed E-state index contributed by atoms with van der Waals surface area (Å²) in [5.41, 5.74) is 0. The van der Waals surface area contributed by atoms with Gasteiger partial charge in [-0.05, 0) is 81.3 Å². The van der Waals surface area contributed by atoms with Crippen LogP contribution in [0.15, 0.2) is 0 Å². The highest BCUT2D eigenvalue weighted by atomic mass is 34.0. The molecule has 0 heterocycles. The second-order valence-electron chi connectivity index (χ2n) is 1.47. The Kier molecular flexibility index (Phi) is 23.9. The highest BCUT2D eigenvalue weighted by Crippen LogP contribution is 2.62. The first-order valence-electron chi connectivity index (χ1n) is 3.26. The Morgan fingerprint density at radius 1 is 0.737 bits per heavy atom. The lowest BCUT2D eigenvalue weighted by atomic mass is 11.8. The van der Waals surface area contributed by atoms with Crippen LogP contribution in [-0.4, -0.2) is 7.11 Å². The van der Waals surface area contributed by atoms with Gasteiger partial charge in [-0.2, -0.15) is 0 Å². The number of rotatable bonds is 14. The second-order valence-corrected chi connectivity index (χ2v) is 31.9. The van der Waals surface area contributed by atoms with Gasteiger partial charge < -0.3 is 4.18 Å². The predicted molar refractivity (Wildman–Crippen MR) is 137 cm³/mol. The van der Waals surface area contributed by atoms with Crippen molar-refractivity contribution in [1.82, 2.24) is 0 Å². The lowest BCUT2D eigenvalue weighted by Crippen LogP contribution is -1.87. The first-order valence-corrected chi connectivity index (χ1v) is 25.1. The quantitative estimate of drug-likeness (QED) is 0.120. The van der Waals surface area contributed by atoms with E-state index in [4.69, 9.17) is 26.6 Å². The maximum atomic E-state index is 5.08. The van der Waals surface area contributed by atoms with Gasteiger partial charge >= 0.3 is 0 Å². The van der Waals surface area contributed by atoms with E-state index in [1.165, 1.54) is 19.7 Å². The van der Waals surface area contributed by atoms with Gasteiger partial charge in [0.2, 0.25) is 0 Å². The predicted octanol–water partition coefficient (Wildman–Crippen LogP) is 8.90. The molecule has 0 spiro atoms. The highest BCUT2D eigenvalue weighted by molar-refractivity contribution is 9.57. The lowest BCUT2D eigenvalue weighted by molar-refractivity contribution is 0.491. The zero-order valence-corrected chi connectivity index (χ0v) is 22.3. The maximum absolute atomic E-state index is 5.08. The van der Waals surface area contributed by atoms with Gasteiger partial charge in [0, 0.05) is 68.8 Å². The van der Waals surface area contributed by atoms with E-state index >= 15 is 0 Å². The van der Waals surface area contributed by atoms with Crippen LogP contribution in [0.4, 0.5) is 0 Å².